The van der Waals surface area contributed by atoms with Gasteiger partial charge in [0.15, 0.2) is 5.70 Å². The second-order valence-electron chi connectivity index (χ2n) is 3.60. The minimum Gasteiger partial charge on any atom is -0.477 e. The van der Waals surface area contributed by atoms with Crippen LogP contribution < -0.4 is 5.32 Å². The molecule has 0 aliphatic carbocycles. The number of β-lactam (4-membered cyclic amide) rings is 1. The van der Waals surface area contributed by atoms with Crippen LogP contribution in [-0.2, 0) is 14.4 Å². The Kier molecular flexibility index (Phi) is 3.67. The smallest absolute Gasteiger partial charge is 0.354 e. The van der Waals surface area contributed by atoms with Crippen molar-refractivity contribution in [3.05, 3.63) is 21.5 Å². The van der Waals surface area contributed by atoms with E-state index in [2.05, 4.69) is 5.32 Å². The summed E-state index contributed by atoms with van der Waals surface area (Å²) in [4.78, 5) is 34.4. The van der Waals surface area contributed by atoms with Crippen LogP contribution >= 0.6 is 23.5 Å². The molecule has 0 bridgehead atoms. The van der Waals surface area contributed by atoms with E-state index in [1.54, 1.807) is 5.41 Å². The second kappa shape index (κ2) is 5.07. The number of carbonyl (C=O) groups is 3. The van der Waals surface area contributed by atoms with Crippen LogP contribution in [0.2, 0.25) is 0 Å². The molecule has 2 amide bonds. The van der Waals surface area contributed by atoms with Gasteiger partial charge in [0.25, 0.3) is 0 Å². The van der Waals surface area contributed by atoms with Crippen molar-refractivity contribution in [2.24, 2.45) is 0 Å². The van der Waals surface area contributed by atoms with Gasteiger partial charge in [-0.15, -0.1) is 0 Å². The molecule has 0 aromatic carbocycles. The molecule has 2 rings (SSSR count). The third-order valence-corrected chi connectivity index (χ3v) is 4.63. The molecule has 18 heavy (non-hydrogen) atoms. The number of amides is 2. The summed E-state index contributed by atoms with van der Waals surface area (Å²) in [5.74, 6) is -1.46. The molecule has 8 heteroatoms. The summed E-state index contributed by atoms with van der Waals surface area (Å²) in [5, 5.41) is 13.1. The van der Waals surface area contributed by atoms with E-state index in [-0.39, 0.29) is 22.9 Å². The van der Waals surface area contributed by atoms with Crippen LogP contribution in [0.1, 0.15) is 13.3 Å². The largest absolute Gasteiger partial charge is 0.477 e. The minimum absolute atomic E-state index is 0.0405. The van der Waals surface area contributed by atoms with Crippen molar-refractivity contribution < 1.29 is 19.5 Å². The summed E-state index contributed by atoms with van der Waals surface area (Å²) in [5.41, 5.74) is 0.0405. The monoisotopic (exact) mass is 286 g/mol. The number of carboxylic acids is 1. The predicted octanol–water partition coefficient (Wildman–Crippen LogP) is 0.886. The molecular formula is C10H10N2O4S2. The lowest BCUT2D eigenvalue weighted by atomic mass is 10.2. The first-order chi connectivity index (χ1) is 8.50. The molecule has 1 saturated heterocycles. The van der Waals surface area contributed by atoms with Crippen LogP contribution in [0.4, 0.5) is 0 Å². The minimum atomic E-state index is -1.10. The quantitative estimate of drug-likeness (QED) is 0.746. The van der Waals surface area contributed by atoms with Gasteiger partial charge in [0.2, 0.25) is 11.8 Å². The van der Waals surface area contributed by atoms with Crippen LogP contribution in [0.15, 0.2) is 21.5 Å². The third-order valence-electron chi connectivity index (χ3n) is 2.32. The molecule has 2 aliphatic heterocycles. The molecular weight excluding hydrogens is 276 g/mol. The Labute approximate surface area is 111 Å². The van der Waals surface area contributed by atoms with Gasteiger partial charge in [0, 0.05) is 13.1 Å². The average Bonchev–Trinajstić information content (AvgIpc) is 2.57. The number of rotatable bonds is 4. The highest BCUT2D eigenvalue weighted by atomic mass is 32.2. The Morgan fingerprint density at radius 3 is 2.89 bits per heavy atom. The lowest BCUT2D eigenvalue weighted by molar-refractivity contribution is -0.145. The van der Waals surface area contributed by atoms with Gasteiger partial charge < -0.3 is 10.4 Å². The zero-order chi connectivity index (χ0) is 13.3. The van der Waals surface area contributed by atoms with Crippen LogP contribution in [0.25, 0.3) is 0 Å². The highest BCUT2D eigenvalue weighted by Gasteiger charge is 2.48. The van der Waals surface area contributed by atoms with Crippen molar-refractivity contribution in [3.8, 4) is 0 Å². The Bertz CT molecular complexity index is 486. The first-order valence-electron chi connectivity index (χ1n) is 5.05. The SMILES string of the molecule is CC(=O)NC=CSC1=C(C(=O)O)N2C(=O)C[C@@H]2S1. The topological polar surface area (TPSA) is 86.7 Å². The van der Waals surface area contributed by atoms with Crippen molar-refractivity contribution in [1.82, 2.24) is 10.2 Å². The molecule has 0 saturated carbocycles. The molecule has 2 aliphatic rings. The Morgan fingerprint density at radius 2 is 2.33 bits per heavy atom. The van der Waals surface area contributed by atoms with E-state index in [0.717, 1.165) is 0 Å². The van der Waals surface area contributed by atoms with Crippen LogP contribution in [0.5, 0.6) is 0 Å². The Hall–Kier alpha value is -1.41. The summed E-state index contributed by atoms with van der Waals surface area (Å²) in [6.07, 6.45) is 1.82. The van der Waals surface area contributed by atoms with Crippen LogP contribution in [0.3, 0.4) is 0 Å². The molecule has 96 valence electrons. The summed E-state index contributed by atoms with van der Waals surface area (Å²) >= 11 is 2.55. The van der Waals surface area contributed by atoms with Gasteiger partial charge in [-0.3, -0.25) is 14.5 Å². The maximum atomic E-state index is 11.3. The maximum absolute atomic E-state index is 11.3. The fourth-order valence-corrected chi connectivity index (χ4v) is 3.93. The van der Waals surface area contributed by atoms with Crippen LogP contribution in [0, 0.1) is 0 Å². The normalized spacial score (nSPS) is 22.2. The molecule has 0 unspecified atom stereocenters. The van der Waals surface area contributed by atoms with Crippen LogP contribution in [-0.4, -0.2) is 33.2 Å². The number of aliphatic carboxylic acids is 1. The molecule has 2 heterocycles. The van der Waals surface area contributed by atoms with Crippen molar-refractivity contribution in [1.29, 1.82) is 0 Å². The van der Waals surface area contributed by atoms with Gasteiger partial charge in [-0.25, -0.2) is 4.79 Å². The zero-order valence-corrected chi connectivity index (χ0v) is 11.0. The first-order valence-corrected chi connectivity index (χ1v) is 6.81. The molecule has 0 aromatic heterocycles. The van der Waals surface area contributed by atoms with Gasteiger partial charge in [-0.05, 0) is 5.41 Å². The number of hydrogen-bond acceptors (Lipinski definition) is 5. The van der Waals surface area contributed by atoms with Gasteiger partial charge in [-0.1, -0.05) is 23.5 Å². The van der Waals surface area contributed by atoms with E-state index in [4.69, 9.17) is 5.11 Å². The van der Waals surface area contributed by atoms with Gasteiger partial charge in [0.1, 0.15) is 0 Å². The molecule has 6 nitrogen and oxygen atoms in total. The summed E-state index contributed by atoms with van der Waals surface area (Å²) in [6.45, 7) is 1.38. The summed E-state index contributed by atoms with van der Waals surface area (Å²) in [6, 6.07) is 0. The van der Waals surface area contributed by atoms with Gasteiger partial charge >= 0.3 is 5.97 Å². The Morgan fingerprint density at radius 1 is 1.61 bits per heavy atom. The average molecular weight is 286 g/mol. The number of hydrogen-bond donors (Lipinski definition) is 2. The van der Waals surface area contributed by atoms with E-state index in [9.17, 15) is 14.4 Å². The second-order valence-corrected chi connectivity index (χ2v) is 5.97. The van der Waals surface area contributed by atoms with Crippen molar-refractivity contribution >= 4 is 41.3 Å². The van der Waals surface area contributed by atoms with E-state index in [1.165, 1.54) is 41.5 Å². The third kappa shape index (κ3) is 2.39. The van der Waals surface area contributed by atoms with Gasteiger partial charge in [-0.2, -0.15) is 0 Å². The standard InChI is InChI=1S/C10H10N2O4S2/c1-5(13)11-2-3-17-10-8(9(15)16)12-6(14)4-7(12)18-10/h2-3,7H,4H2,1H3,(H,11,13)(H,15,16)/t7-/m0/s1. The van der Waals surface area contributed by atoms with Crippen molar-refractivity contribution in [3.63, 3.8) is 0 Å². The number of nitrogens with zero attached hydrogens (tertiary/aromatic N) is 1. The fourth-order valence-electron chi connectivity index (χ4n) is 1.55. The number of carbonyl (C=O) groups excluding carboxylic acids is 2. The lowest BCUT2D eigenvalue weighted by Crippen LogP contribution is -2.48. The fraction of sp³-hybridized carbons (Fsp3) is 0.300. The summed E-state index contributed by atoms with van der Waals surface area (Å²) in [7, 11) is 0. The number of fused-ring (bicyclic) bond motifs is 1. The highest BCUT2D eigenvalue weighted by Crippen LogP contribution is 2.50. The number of nitrogens with one attached hydrogen (secondary N) is 1. The van der Waals surface area contributed by atoms with E-state index in [1.807, 2.05) is 0 Å². The molecule has 1 fully saturated rings. The first kappa shape index (κ1) is 13.0. The molecule has 2 N–H and O–H groups in total. The molecule has 0 spiro atoms. The maximum Gasteiger partial charge on any atom is 0.354 e. The van der Waals surface area contributed by atoms with E-state index in [0.29, 0.717) is 10.7 Å². The molecule has 0 radical (unpaired) electrons. The Balaban J connectivity index is 2.07. The summed E-state index contributed by atoms with van der Waals surface area (Å²) < 4.78 is 0.569. The van der Waals surface area contributed by atoms with Crippen molar-refractivity contribution in [2.45, 2.75) is 18.7 Å². The van der Waals surface area contributed by atoms with E-state index < -0.39 is 5.97 Å². The number of thioether (sulfide) groups is 2. The highest BCUT2D eigenvalue weighted by molar-refractivity contribution is 8.24. The molecule has 1 atom stereocenters. The van der Waals surface area contributed by atoms with Gasteiger partial charge in [0.05, 0.1) is 16.0 Å². The van der Waals surface area contributed by atoms with E-state index >= 15 is 0 Å². The molecule has 0 aromatic rings. The zero-order valence-electron chi connectivity index (χ0n) is 9.37. The predicted molar refractivity (Wildman–Crippen MR) is 68.1 cm³/mol. The lowest BCUT2D eigenvalue weighted by Gasteiger charge is -2.33. The van der Waals surface area contributed by atoms with Crippen molar-refractivity contribution in [2.75, 3.05) is 0 Å². The number of carboxylic acid groups (broad SMARTS) is 1.